The molecule has 10 heteroatoms. The zero-order chi connectivity index (χ0) is 26.8. The highest BCUT2D eigenvalue weighted by molar-refractivity contribution is 9.10. The van der Waals surface area contributed by atoms with Crippen molar-refractivity contribution in [3.63, 3.8) is 0 Å². The number of nitro groups is 1. The summed E-state index contributed by atoms with van der Waals surface area (Å²) in [4.78, 5) is 38.5. The Morgan fingerprint density at radius 2 is 1.65 bits per heavy atom. The number of nitrogens with zero attached hydrogens (tertiary/aromatic N) is 3. The first-order chi connectivity index (χ1) is 17.8. The molecular weight excluding hydrogens is 538 g/mol. The normalized spacial score (nSPS) is 11.3. The predicted octanol–water partition coefficient (Wildman–Crippen LogP) is 5.12. The van der Waals surface area contributed by atoms with Gasteiger partial charge in [-0.25, -0.2) is 5.43 Å². The van der Waals surface area contributed by atoms with Crippen molar-refractivity contribution in [2.45, 2.75) is 13.8 Å². The molecule has 9 nitrogen and oxygen atoms in total. The van der Waals surface area contributed by atoms with E-state index in [0.29, 0.717) is 21.2 Å². The number of carbonyl (C=O) groups is 2. The molecule has 190 valence electrons. The average Bonchev–Trinajstić information content (AvgIpc) is 2.91. The largest absolute Gasteiger partial charge is 0.372 e. The highest BCUT2D eigenvalue weighted by Gasteiger charge is 2.15. The Balaban J connectivity index is 1.83. The lowest BCUT2D eigenvalue weighted by molar-refractivity contribution is -0.385. The molecule has 2 amide bonds. The van der Waals surface area contributed by atoms with Crippen LogP contribution in [-0.2, 0) is 4.79 Å². The third-order valence-corrected chi connectivity index (χ3v) is 6.08. The lowest BCUT2D eigenvalue weighted by atomic mass is 10.1. The summed E-state index contributed by atoms with van der Waals surface area (Å²) in [6.07, 6.45) is 2.84. The molecule has 0 aromatic heterocycles. The molecule has 3 aromatic rings. The molecule has 0 radical (unpaired) electrons. The summed E-state index contributed by atoms with van der Waals surface area (Å²) in [7, 11) is 0. The Labute approximate surface area is 223 Å². The van der Waals surface area contributed by atoms with Gasteiger partial charge >= 0.3 is 0 Å². The maximum absolute atomic E-state index is 13.0. The van der Waals surface area contributed by atoms with E-state index in [1.54, 1.807) is 42.5 Å². The lowest BCUT2D eigenvalue weighted by Gasteiger charge is -2.20. The molecule has 0 bridgehead atoms. The summed E-state index contributed by atoms with van der Waals surface area (Å²) in [5.74, 6) is -1.10. The quantitative estimate of drug-likeness (QED) is 0.153. The van der Waals surface area contributed by atoms with E-state index in [1.807, 2.05) is 24.3 Å². The van der Waals surface area contributed by atoms with Crippen molar-refractivity contribution in [3.05, 3.63) is 110 Å². The maximum Gasteiger partial charge on any atom is 0.287 e. The summed E-state index contributed by atoms with van der Waals surface area (Å²) in [6, 6.07) is 20.6. The smallest absolute Gasteiger partial charge is 0.287 e. The third kappa shape index (κ3) is 7.58. The summed E-state index contributed by atoms with van der Waals surface area (Å²) in [5.41, 5.74) is 4.81. The number of anilines is 1. The van der Waals surface area contributed by atoms with E-state index in [2.05, 4.69) is 50.5 Å². The Morgan fingerprint density at radius 3 is 2.27 bits per heavy atom. The SMILES string of the molecule is CCN(CC)c1ccc(/C=C(\NC(=O)c2ccccc2)C(=O)NN=Cc2ccc(Br)c([N+](=O)[O-])c2)cc1. The number of nitro benzene ring substituents is 1. The number of amides is 2. The van der Waals surface area contributed by atoms with Gasteiger partial charge in [0.05, 0.1) is 15.6 Å². The summed E-state index contributed by atoms with van der Waals surface area (Å²) in [5, 5.41) is 17.7. The van der Waals surface area contributed by atoms with Crippen LogP contribution in [0.4, 0.5) is 11.4 Å². The van der Waals surface area contributed by atoms with E-state index in [0.717, 1.165) is 18.8 Å². The van der Waals surface area contributed by atoms with Gasteiger partial charge in [0.1, 0.15) is 5.70 Å². The molecule has 37 heavy (non-hydrogen) atoms. The monoisotopic (exact) mass is 563 g/mol. The van der Waals surface area contributed by atoms with Crippen molar-refractivity contribution in [2.75, 3.05) is 18.0 Å². The van der Waals surface area contributed by atoms with Crippen molar-refractivity contribution in [1.29, 1.82) is 0 Å². The van der Waals surface area contributed by atoms with Crippen LogP contribution in [0.5, 0.6) is 0 Å². The Morgan fingerprint density at radius 1 is 1.00 bits per heavy atom. The van der Waals surface area contributed by atoms with Gasteiger partial charge in [0.15, 0.2) is 0 Å². The fraction of sp³-hybridized carbons (Fsp3) is 0.148. The fourth-order valence-corrected chi connectivity index (χ4v) is 3.85. The van der Waals surface area contributed by atoms with E-state index in [9.17, 15) is 19.7 Å². The Hall–Kier alpha value is -4.31. The van der Waals surface area contributed by atoms with Gasteiger partial charge in [0.25, 0.3) is 17.5 Å². The first-order valence-electron chi connectivity index (χ1n) is 11.5. The fourth-order valence-electron chi connectivity index (χ4n) is 3.45. The molecule has 0 aliphatic rings. The predicted molar refractivity (Wildman–Crippen MR) is 148 cm³/mol. The number of hydrogen-bond donors (Lipinski definition) is 2. The van der Waals surface area contributed by atoms with Crippen LogP contribution in [0.2, 0.25) is 0 Å². The van der Waals surface area contributed by atoms with Crippen LogP contribution in [0.1, 0.15) is 35.3 Å². The van der Waals surface area contributed by atoms with Gasteiger partial charge in [-0.05, 0) is 71.7 Å². The zero-order valence-electron chi connectivity index (χ0n) is 20.3. The van der Waals surface area contributed by atoms with Crippen LogP contribution in [0.15, 0.2) is 88.1 Å². The zero-order valence-corrected chi connectivity index (χ0v) is 21.9. The summed E-state index contributed by atoms with van der Waals surface area (Å²) in [6.45, 7) is 5.88. The number of benzene rings is 3. The Kier molecular flexibility index (Phi) is 9.68. The van der Waals surface area contributed by atoms with Gasteiger partial charge < -0.3 is 10.2 Å². The summed E-state index contributed by atoms with van der Waals surface area (Å²) >= 11 is 3.13. The first kappa shape index (κ1) is 27.3. The molecule has 2 N–H and O–H groups in total. The molecule has 0 fully saturated rings. The highest BCUT2D eigenvalue weighted by Crippen LogP contribution is 2.25. The second-order valence-corrected chi connectivity index (χ2v) is 8.66. The van der Waals surface area contributed by atoms with E-state index in [-0.39, 0.29) is 11.4 Å². The number of nitrogens with one attached hydrogen (secondary N) is 2. The summed E-state index contributed by atoms with van der Waals surface area (Å²) < 4.78 is 0.333. The number of hydrogen-bond acceptors (Lipinski definition) is 6. The van der Waals surface area contributed by atoms with Crippen molar-refractivity contribution >= 4 is 51.4 Å². The van der Waals surface area contributed by atoms with Gasteiger partial charge in [-0.15, -0.1) is 0 Å². The number of carbonyl (C=O) groups excluding carboxylic acids is 2. The van der Waals surface area contributed by atoms with E-state index in [1.165, 1.54) is 18.3 Å². The molecule has 0 atom stereocenters. The lowest BCUT2D eigenvalue weighted by Crippen LogP contribution is -2.32. The number of halogens is 1. The molecule has 0 unspecified atom stereocenters. The molecule has 3 rings (SSSR count). The van der Waals surface area contributed by atoms with Crippen LogP contribution in [0.3, 0.4) is 0 Å². The molecule has 0 spiro atoms. The van der Waals surface area contributed by atoms with Gasteiger partial charge in [-0.1, -0.05) is 36.4 Å². The second-order valence-electron chi connectivity index (χ2n) is 7.81. The minimum absolute atomic E-state index is 0.0108. The highest BCUT2D eigenvalue weighted by atomic mass is 79.9. The van der Waals surface area contributed by atoms with Gasteiger partial charge in [0, 0.05) is 36.0 Å². The minimum atomic E-state index is -0.653. The third-order valence-electron chi connectivity index (χ3n) is 5.41. The number of rotatable bonds is 10. The molecule has 0 saturated heterocycles. The average molecular weight is 564 g/mol. The number of hydrazone groups is 1. The molecule has 0 heterocycles. The van der Waals surface area contributed by atoms with Crippen LogP contribution in [-0.4, -0.2) is 36.0 Å². The maximum atomic E-state index is 13.0. The standard InChI is InChI=1S/C27H26BrN5O4/c1-3-32(4-2)22-13-10-19(11-14-22)16-24(30-26(34)21-8-6-5-7-9-21)27(35)31-29-18-20-12-15-23(28)25(17-20)33(36)37/h5-18H,3-4H2,1-2H3,(H,30,34)(H,31,35)/b24-16-,29-18?. The van der Waals surface area contributed by atoms with Crippen molar-refractivity contribution in [2.24, 2.45) is 5.10 Å². The first-order valence-corrected chi connectivity index (χ1v) is 12.3. The van der Waals surface area contributed by atoms with E-state index < -0.39 is 16.7 Å². The molecule has 0 saturated carbocycles. The topological polar surface area (TPSA) is 117 Å². The molecule has 3 aromatic carbocycles. The van der Waals surface area contributed by atoms with Crippen LogP contribution in [0, 0.1) is 10.1 Å². The van der Waals surface area contributed by atoms with Gasteiger partial charge in [-0.3, -0.25) is 19.7 Å². The molecule has 0 aliphatic heterocycles. The molecular formula is C27H26BrN5O4. The van der Waals surface area contributed by atoms with Crippen LogP contribution in [0.25, 0.3) is 6.08 Å². The van der Waals surface area contributed by atoms with Crippen molar-refractivity contribution in [1.82, 2.24) is 10.7 Å². The molecule has 0 aliphatic carbocycles. The van der Waals surface area contributed by atoms with E-state index in [4.69, 9.17) is 0 Å². The van der Waals surface area contributed by atoms with Crippen LogP contribution < -0.4 is 15.6 Å². The van der Waals surface area contributed by atoms with E-state index >= 15 is 0 Å². The second kappa shape index (κ2) is 13.1. The Bertz CT molecular complexity index is 1320. The van der Waals surface area contributed by atoms with Gasteiger partial charge in [-0.2, -0.15) is 5.10 Å². The van der Waals surface area contributed by atoms with Crippen molar-refractivity contribution < 1.29 is 14.5 Å². The minimum Gasteiger partial charge on any atom is -0.372 e. The van der Waals surface area contributed by atoms with Crippen molar-refractivity contribution in [3.8, 4) is 0 Å². The van der Waals surface area contributed by atoms with Crippen LogP contribution >= 0.6 is 15.9 Å². The van der Waals surface area contributed by atoms with Gasteiger partial charge in [0.2, 0.25) is 0 Å².